The van der Waals surface area contributed by atoms with Gasteiger partial charge in [-0.25, -0.2) is 0 Å². The van der Waals surface area contributed by atoms with Gasteiger partial charge in [0.15, 0.2) is 0 Å². The van der Waals surface area contributed by atoms with Gasteiger partial charge in [0.05, 0.1) is 23.0 Å². The molecule has 0 atom stereocenters. The van der Waals surface area contributed by atoms with E-state index in [-0.39, 0.29) is 0 Å². The molecule has 0 aliphatic rings. The van der Waals surface area contributed by atoms with Crippen LogP contribution in [0.5, 0.6) is 0 Å². The third kappa shape index (κ3) is 2.21. The molecule has 2 aromatic heterocycles. The Morgan fingerprint density at radius 1 is 1.20 bits per heavy atom. The summed E-state index contributed by atoms with van der Waals surface area (Å²) in [5, 5.41) is 7.11. The minimum Gasteiger partial charge on any atom is -0.341 e. The Labute approximate surface area is 127 Å². The quantitative estimate of drug-likeness (QED) is 0.697. The molecule has 2 heterocycles. The number of benzene rings is 1. The zero-order valence-corrected chi connectivity index (χ0v) is 12.9. The number of nitrogens with zero attached hydrogens (tertiary/aromatic N) is 3. The molecule has 1 aromatic carbocycles. The zero-order chi connectivity index (χ0) is 14.3. The molecule has 0 saturated carbocycles. The van der Waals surface area contributed by atoms with Crippen molar-refractivity contribution < 1.29 is 0 Å². The van der Waals surface area contributed by atoms with Crippen molar-refractivity contribution in [2.45, 2.75) is 26.9 Å². The number of hydrogen-bond acceptors (Lipinski definition) is 1. The summed E-state index contributed by atoms with van der Waals surface area (Å²) >= 11 is 12.5. The number of halogens is 2. The Balaban J connectivity index is 2.07. The average Bonchev–Trinajstić information content (AvgIpc) is 2.95. The summed E-state index contributed by atoms with van der Waals surface area (Å²) < 4.78 is 4.10. The maximum Gasteiger partial charge on any atom is 0.0865 e. The highest BCUT2D eigenvalue weighted by atomic mass is 35.5. The number of hydrogen-bond donors (Lipinski definition) is 0. The van der Waals surface area contributed by atoms with Gasteiger partial charge in [-0.05, 0) is 37.4 Å². The van der Waals surface area contributed by atoms with Crippen LogP contribution in [0.3, 0.4) is 0 Å². The van der Waals surface area contributed by atoms with Crippen molar-refractivity contribution in [2.75, 3.05) is 0 Å². The molecule has 0 N–H and O–H groups in total. The predicted octanol–water partition coefficient (Wildman–Crippen LogP) is 4.52. The van der Waals surface area contributed by atoms with E-state index in [1.807, 2.05) is 29.8 Å². The smallest absolute Gasteiger partial charge is 0.0865 e. The van der Waals surface area contributed by atoms with Crippen molar-refractivity contribution in [3.63, 3.8) is 0 Å². The zero-order valence-electron chi connectivity index (χ0n) is 11.4. The van der Waals surface area contributed by atoms with Gasteiger partial charge in [-0.1, -0.05) is 29.3 Å². The lowest BCUT2D eigenvalue weighted by atomic mass is 10.2. The van der Waals surface area contributed by atoms with Crippen LogP contribution in [0.4, 0.5) is 0 Å². The average molecular weight is 308 g/mol. The van der Waals surface area contributed by atoms with Crippen LogP contribution in [-0.2, 0) is 13.1 Å². The normalized spacial score (nSPS) is 11.4. The van der Waals surface area contributed by atoms with Crippen molar-refractivity contribution in [1.82, 2.24) is 14.3 Å². The highest BCUT2D eigenvalue weighted by Gasteiger charge is 2.13. The molecule has 0 aliphatic carbocycles. The highest BCUT2D eigenvalue weighted by molar-refractivity contribution is 6.32. The second-order valence-corrected chi connectivity index (χ2v) is 5.62. The number of aromatic nitrogens is 3. The molecule has 3 nitrogen and oxygen atoms in total. The lowest BCUT2D eigenvalue weighted by Crippen LogP contribution is -2.07. The molecule has 0 spiro atoms. The molecular weight excluding hydrogens is 293 g/mol. The maximum atomic E-state index is 6.37. The first-order valence-corrected chi connectivity index (χ1v) is 7.32. The third-order valence-electron chi connectivity index (χ3n) is 3.51. The van der Waals surface area contributed by atoms with Crippen molar-refractivity contribution in [3.8, 4) is 0 Å². The fourth-order valence-corrected chi connectivity index (χ4v) is 2.84. The SMILES string of the molecule is CCn1nc(C)c(Cl)c1Cn1ccc2ccc(Cl)cc21. The van der Waals surface area contributed by atoms with Gasteiger partial charge < -0.3 is 4.57 Å². The summed E-state index contributed by atoms with van der Waals surface area (Å²) in [4.78, 5) is 0. The third-order valence-corrected chi connectivity index (χ3v) is 4.24. The molecule has 0 saturated heterocycles. The molecular formula is C15H15Cl2N3. The molecule has 3 aromatic rings. The molecule has 3 rings (SSSR count). The number of aryl methyl sites for hydroxylation is 2. The van der Waals surface area contributed by atoms with Crippen LogP contribution in [0.25, 0.3) is 10.9 Å². The van der Waals surface area contributed by atoms with E-state index in [4.69, 9.17) is 23.2 Å². The first-order valence-electron chi connectivity index (χ1n) is 6.56. The van der Waals surface area contributed by atoms with E-state index < -0.39 is 0 Å². The first-order chi connectivity index (χ1) is 9.60. The Hall–Kier alpha value is -1.45. The Kier molecular flexibility index (Phi) is 3.48. The lowest BCUT2D eigenvalue weighted by molar-refractivity contribution is 0.602. The van der Waals surface area contributed by atoms with E-state index in [0.29, 0.717) is 6.54 Å². The van der Waals surface area contributed by atoms with Crippen LogP contribution < -0.4 is 0 Å². The molecule has 0 fully saturated rings. The van der Waals surface area contributed by atoms with Crippen LogP contribution in [0, 0.1) is 6.92 Å². The summed E-state index contributed by atoms with van der Waals surface area (Å²) in [6, 6.07) is 7.99. The summed E-state index contributed by atoms with van der Waals surface area (Å²) in [7, 11) is 0. The number of rotatable bonds is 3. The van der Waals surface area contributed by atoms with Crippen LogP contribution in [0.2, 0.25) is 10.0 Å². The monoisotopic (exact) mass is 307 g/mol. The van der Waals surface area contributed by atoms with Gasteiger partial charge in [-0.15, -0.1) is 0 Å². The first kappa shape index (κ1) is 13.5. The minimum atomic E-state index is 0.692. The van der Waals surface area contributed by atoms with Crippen molar-refractivity contribution in [2.24, 2.45) is 0 Å². The van der Waals surface area contributed by atoms with Gasteiger partial charge in [0.25, 0.3) is 0 Å². The molecule has 20 heavy (non-hydrogen) atoms. The second-order valence-electron chi connectivity index (χ2n) is 4.81. The van der Waals surface area contributed by atoms with Crippen LogP contribution in [0.1, 0.15) is 18.3 Å². The topological polar surface area (TPSA) is 22.8 Å². The molecule has 104 valence electrons. The van der Waals surface area contributed by atoms with Crippen molar-refractivity contribution in [1.29, 1.82) is 0 Å². The Morgan fingerprint density at radius 2 is 2.00 bits per heavy atom. The molecule has 5 heteroatoms. The molecule has 0 amide bonds. The van der Waals surface area contributed by atoms with Gasteiger partial charge in [0, 0.05) is 23.3 Å². The van der Waals surface area contributed by atoms with Gasteiger partial charge in [0.2, 0.25) is 0 Å². The molecule has 0 bridgehead atoms. The molecule has 0 aliphatic heterocycles. The van der Waals surface area contributed by atoms with E-state index in [1.165, 1.54) is 5.39 Å². The summed E-state index contributed by atoms with van der Waals surface area (Å²) in [5.74, 6) is 0. The van der Waals surface area contributed by atoms with Crippen molar-refractivity contribution >= 4 is 34.1 Å². The maximum absolute atomic E-state index is 6.37. The van der Waals surface area contributed by atoms with Gasteiger partial charge >= 0.3 is 0 Å². The number of fused-ring (bicyclic) bond motifs is 1. The van der Waals surface area contributed by atoms with Gasteiger partial charge in [0.1, 0.15) is 0 Å². The van der Waals surface area contributed by atoms with E-state index in [9.17, 15) is 0 Å². The van der Waals surface area contributed by atoms with Gasteiger partial charge in [-0.2, -0.15) is 5.10 Å². The lowest BCUT2D eigenvalue weighted by Gasteiger charge is -2.08. The van der Waals surface area contributed by atoms with Crippen LogP contribution in [0.15, 0.2) is 30.5 Å². The van der Waals surface area contributed by atoms with E-state index in [1.54, 1.807) is 0 Å². The highest BCUT2D eigenvalue weighted by Crippen LogP contribution is 2.25. The summed E-state index contributed by atoms with van der Waals surface area (Å²) in [6.45, 7) is 5.50. The van der Waals surface area contributed by atoms with E-state index in [2.05, 4.69) is 28.9 Å². The largest absolute Gasteiger partial charge is 0.341 e. The fourth-order valence-electron chi connectivity index (χ4n) is 2.48. The fraction of sp³-hybridized carbons (Fsp3) is 0.267. The Morgan fingerprint density at radius 3 is 2.75 bits per heavy atom. The summed E-state index contributed by atoms with van der Waals surface area (Å²) in [5.41, 5.74) is 3.01. The predicted molar refractivity (Wildman–Crippen MR) is 83.7 cm³/mol. The second kappa shape index (κ2) is 5.15. The van der Waals surface area contributed by atoms with Crippen LogP contribution >= 0.6 is 23.2 Å². The van der Waals surface area contributed by atoms with Crippen LogP contribution in [-0.4, -0.2) is 14.3 Å². The van der Waals surface area contributed by atoms with Crippen molar-refractivity contribution in [3.05, 3.63) is 51.9 Å². The minimum absolute atomic E-state index is 0.692. The molecule has 0 radical (unpaired) electrons. The molecule has 0 unspecified atom stereocenters. The van der Waals surface area contributed by atoms with E-state index >= 15 is 0 Å². The standard InChI is InChI=1S/C15H15Cl2N3/c1-3-20-14(15(17)10(2)18-20)9-19-7-6-11-4-5-12(16)8-13(11)19/h4-8H,3,9H2,1-2H3. The van der Waals surface area contributed by atoms with Gasteiger partial charge in [-0.3, -0.25) is 4.68 Å². The Bertz CT molecular complexity index is 771. The van der Waals surface area contributed by atoms with E-state index in [0.717, 1.165) is 33.5 Å². The summed E-state index contributed by atoms with van der Waals surface area (Å²) in [6.07, 6.45) is 2.06.